The number of nitrogens with zero attached hydrogens (tertiary/aromatic N) is 1. The van der Waals surface area contributed by atoms with E-state index >= 15 is 0 Å². The van der Waals surface area contributed by atoms with E-state index in [1.165, 1.54) is 17.8 Å². The maximum Gasteiger partial charge on any atom is 0.109 e. The van der Waals surface area contributed by atoms with Crippen molar-refractivity contribution in [2.75, 3.05) is 7.05 Å². The molecule has 3 heteroatoms. The molecule has 0 aliphatic heterocycles. The van der Waals surface area contributed by atoms with Crippen LogP contribution < -0.4 is 5.32 Å². The van der Waals surface area contributed by atoms with Crippen LogP contribution in [-0.4, -0.2) is 12.0 Å². The number of nitrogens with one attached hydrogen (secondary N) is 1. The van der Waals surface area contributed by atoms with Crippen LogP contribution in [0.4, 0.5) is 0 Å². The smallest absolute Gasteiger partial charge is 0.109 e. The predicted octanol–water partition coefficient (Wildman–Crippen LogP) is 2.20. The molecular weight excluding hydrogens is 156 g/mol. The minimum atomic E-state index is 0.458. The zero-order valence-electron chi connectivity index (χ0n) is 7.00. The lowest BCUT2D eigenvalue weighted by Crippen LogP contribution is -2.15. The summed E-state index contributed by atoms with van der Waals surface area (Å²) in [6, 6.07) is 0.458. The highest BCUT2D eigenvalue weighted by Crippen LogP contribution is 2.19. The zero-order chi connectivity index (χ0) is 8.10. The summed E-state index contributed by atoms with van der Waals surface area (Å²) in [6.07, 6.45) is 4.23. The summed E-state index contributed by atoms with van der Waals surface area (Å²) in [7, 11) is 1.99. The van der Waals surface area contributed by atoms with Crippen LogP contribution >= 0.6 is 11.3 Å². The molecule has 11 heavy (non-hydrogen) atoms. The van der Waals surface area contributed by atoms with Gasteiger partial charge in [-0.05, 0) is 13.5 Å². The van der Waals surface area contributed by atoms with Crippen LogP contribution in [0.1, 0.15) is 30.8 Å². The van der Waals surface area contributed by atoms with Crippen LogP contribution in [0.3, 0.4) is 0 Å². The average molecular weight is 170 g/mol. The molecule has 1 aromatic rings. The highest BCUT2D eigenvalue weighted by molar-refractivity contribution is 7.09. The van der Waals surface area contributed by atoms with Crippen molar-refractivity contribution in [3.05, 3.63) is 16.6 Å². The molecule has 0 aliphatic carbocycles. The molecule has 1 N–H and O–H groups in total. The Morgan fingerprint density at radius 3 is 3.00 bits per heavy atom. The highest BCUT2D eigenvalue weighted by Gasteiger charge is 2.08. The first-order valence-corrected chi connectivity index (χ1v) is 4.83. The lowest BCUT2D eigenvalue weighted by molar-refractivity contribution is 0.539. The van der Waals surface area contributed by atoms with Crippen molar-refractivity contribution in [3.63, 3.8) is 0 Å². The van der Waals surface area contributed by atoms with E-state index in [-0.39, 0.29) is 0 Å². The molecule has 1 unspecified atom stereocenters. The minimum Gasteiger partial charge on any atom is -0.311 e. The Kier molecular flexibility index (Phi) is 3.52. The minimum absolute atomic E-state index is 0.458. The predicted molar refractivity (Wildman–Crippen MR) is 48.8 cm³/mol. The topological polar surface area (TPSA) is 24.9 Å². The fourth-order valence-electron chi connectivity index (χ4n) is 1.09. The Balaban J connectivity index is 2.56. The van der Waals surface area contributed by atoms with Crippen LogP contribution in [-0.2, 0) is 0 Å². The summed E-state index contributed by atoms with van der Waals surface area (Å²) in [5.74, 6) is 0. The summed E-state index contributed by atoms with van der Waals surface area (Å²) in [6.45, 7) is 2.19. The van der Waals surface area contributed by atoms with Gasteiger partial charge in [-0.3, -0.25) is 0 Å². The van der Waals surface area contributed by atoms with Crippen molar-refractivity contribution in [1.29, 1.82) is 0 Å². The van der Waals surface area contributed by atoms with E-state index in [1.54, 1.807) is 11.3 Å². The average Bonchev–Trinajstić information content (AvgIpc) is 2.52. The van der Waals surface area contributed by atoms with Gasteiger partial charge in [0, 0.05) is 11.6 Å². The summed E-state index contributed by atoms with van der Waals surface area (Å²) < 4.78 is 0. The summed E-state index contributed by atoms with van der Waals surface area (Å²) in [5, 5.41) is 6.48. The van der Waals surface area contributed by atoms with Crippen molar-refractivity contribution in [1.82, 2.24) is 10.3 Å². The van der Waals surface area contributed by atoms with E-state index in [4.69, 9.17) is 0 Å². The van der Waals surface area contributed by atoms with Crippen molar-refractivity contribution in [2.24, 2.45) is 0 Å². The molecule has 0 aromatic carbocycles. The third kappa shape index (κ3) is 2.27. The molecule has 0 radical (unpaired) electrons. The monoisotopic (exact) mass is 170 g/mol. The molecule has 0 spiro atoms. The third-order valence-electron chi connectivity index (χ3n) is 1.68. The Morgan fingerprint density at radius 1 is 1.73 bits per heavy atom. The van der Waals surface area contributed by atoms with Gasteiger partial charge >= 0.3 is 0 Å². The molecule has 1 heterocycles. The largest absolute Gasteiger partial charge is 0.311 e. The maximum atomic E-state index is 4.26. The summed E-state index contributed by atoms with van der Waals surface area (Å²) >= 11 is 1.72. The van der Waals surface area contributed by atoms with E-state index in [2.05, 4.69) is 17.2 Å². The SMILES string of the molecule is CCCC(NC)c1nccs1. The maximum absolute atomic E-state index is 4.26. The Hall–Kier alpha value is -0.410. The van der Waals surface area contributed by atoms with Gasteiger partial charge < -0.3 is 5.32 Å². The normalized spacial score (nSPS) is 13.3. The fourth-order valence-corrected chi connectivity index (χ4v) is 1.87. The molecule has 0 amide bonds. The molecular formula is C8H14N2S. The Morgan fingerprint density at radius 2 is 2.55 bits per heavy atom. The molecule has 1 aromatic heterocycles. The molecule has 0 aliphatic rings. The van der Waals surface area contributed by atoms with Gasteiger partial charge in [0.1, 0.15) is 5.01 Å². The standard InChI is InChI=1S/C8H14N2S/c1-3-4-7(9-2)8-10-5-6-11-8/h5-7,9H,3-4H2,1-2H3. The first-order valence-electron chi connectivity index (χ1n) is 3.95. The second-order valence-electron chi connectivity index (χ2n) is 2.50. The quantitative estimate of drug-likeness (QED) is 0.749. The van der Waals surface area contributed by atoms with E-state index in [0.29, 0.717) is 6.04 Å². The van der Waals surface area contributed by atoms with Gasteiger partial charge in [-0.25, -0.2) is 4.98 Å². The van der Waals surface area contributed by atoms with Crippen molar-refractivity contribution in [3.8, 4) is 0 Å². The van der Waals surface area contributed by atoms with Crippen LogP contribution in [0.15, 0.2) is 11.6 Å². The molecule has 1 rings (SSSR count). The molecule has 0 fully saturated rings. The second kappa shape index (κ2) is 4.46. The van der Waals surface area contributed by atoms with Crippen LogP contribution in [0, 0.1) is 0 Å². The molecule has 0 saturated carbocycles. The van der Waals surface area contributed by atoms with Crippen molar-refractivity contribution < 1.29 is 0 Å². The number of aromatic nitrogens is 1. The number of thiazole rings is 1. The molecule has 62 valence electrons. The van der Waals surface area contributed by atoms with Crippen LogP contribution in [0.25, 0.3) is 0 Å². The third-order valence-corrected chi connectivity index (χ3v) is 2.56. The Labute approximate surface area is 71.7 Å². The number of rotatable bonds is 4. The van der Waals surface area contributed by atoms with Crippen LogP contribution in [0.2, 0.25) is 0 Å². The van der Waals surface area contributed by atoms with Gasteiger partial charge in [0.25, 0.3) is 0 Å². The van der Waals surface area contributed by atoms with Gasteiger partial charge in [0.2, 0.25) is 0 Å². The van der Waals surface area contributed by atoms with Crippen molar-refractivity contribution >= 4 is 11.3 Å². The summed E-state index contributed by atoms with van der Waals surface area (Å²) in [4.78, 5) is 4.26. The number of hydrogen-bond acceptors (Lipinski definition) is 3. The highest BCUT2D eigenvalue weighted by atomic mass is 32.1. The van der Waals surface area contributed by atoms with Gasteiger partial charge in [-0.15, -0.1) is 11.3 Å². The van der Waals surface area contributed by atoms with E-state index in [9.17, 15) is 0 Å². The van der Waals surface area contributed by atoms with E-state index in [0.717, 1.165) is 0 Å². The van der Waals surface area contributed by atoms with Gasteiger partial charge in [-0.2, -0.15) is 0 Å². The summed E-state index contributed by atoms with van der Waals surface area (Å²) in [5.41, 5.74) is 0. The second-order valence-corrected chi connectivity index (χ2v) is 3.43. The van der Waals surface area contributed by atoms with Crippen LogP contribution in [0.5, 0.6) is 0 Å². The van der Waals surface area contributed by atoms with Gasteiger partial charge in [0.05, 0.1) is 6.04 Å². The van der Waals surface area contributed by atoms with E-state index < -0.39 is 0 Å². The van der Waals surface area contributed by atoms with Gasteiger partial charge in [0.15, 0.2) is 0 Å². The first kappa shape index (κ1) is 8.68. The lowest BCUT2D eigenvalue weighted by atomic mass is 10.2. The van der Waals surface area contributed by atoms with Crippen molar-refractivity contribution in [2.45, 2.75) is 25.8 Å². The molecule has 1 atom stereocenters. The molecule has 2 nitrogen and oxygen atoms in total. The Bertz CT molecular complexity index is 184. The molecule has 0 saturated heterocycles. The zero-order valence-corrected chi connectivity index (χ0v) is 7.82. The molecule has 0 bridgehead atoms. The number of hydrogen-bond donors (Lipinski definition) is 1. The van der Waals surface area contributed by atoms with E-state index in [1.807, 2.05) is 18.6 Å². The lowest BCUT2D eigenvalue weighted by Gasteiger charge is -2.10. The van der Waals surface area contributed by atoms with Gasteiger partial charge in [-0.1, -0.05) is 13.3 Å². The fraction of sp³-hybridized carbons (Fsp3) is 0.625. The first-order chi connectivity index (χ1) is 5.38.